The minimum Gasteiger partial charge on any atom is -0.395 e. The zero-order valence-corrected chi connectivity index (χ0v) is 12.2. The molecule has 98 valence electrons. The molecule has 0 bridgehead atoms. The van der Waals surface area contributed by atoms with Gasteiger partial charge < -0.3 is 5.11 Å². The third kappa shape index (κ3) is 3.42. The summed E-state index contributed by atoms with van der Waals surface area (Å²) in [4.78, 5) is 0. The van der Waals surface area contributed by atoms with Gasteiger partial charge in [-0.3, -0.25) is 0 Å². The summed E-state index contributed by atoms with van der Waals surface area (Å²) in [6, 6.07) is 1.57. The Morgan fingerprint density at radius 3 is 2.53 bits per heavy atom. The number of hydrogen-bond donors (Lipinski definition) is 1. The molecule has 0 aliphatic heterocycles. The molecule has 0 unspecified atom stereocenters. The van der Waals surface area contributed by atoms with Crippen molar-refractivity contribution in [2.75, 3.05) is 19.7 Å². The first-order chi connectivity index (χ1) is 7.93. The van der Waals surface area contributed by atoms with Gasteiger partial charge in [0.1, 0.15) is 4.21 Å². The maximum Gasteiger partial charge on any atom is 0.252 e. The van der Waals surface area contributed by atoms with Crippen molar-refractivity contribution in [3.8, 4) is 0 Å². The molecular weight excluding hydrogens is 282 g/mol. The monoisotopic (exact) mass is 297 g/mol. The van der Waals surface area contributed by atoms with Gasteiger partial charge in [-0.1, -0.05) is 18.5 Å². The molecule has 4 nitrogen and oxygen atoms in total. The molecule has 0 saturated heterocycles. The molecule has 0 aliphatic carbocycles. The van der Waals surface area contributed by atoms with Crippen molar-refractivity contribution >= 4 is 33.0 Å². The SMILES string of the molecule is CCCN(CCO)S(=O)(=O)c1cc(C)c(Cl)s1. The highest BCUT2D eigenvalue weighted by Crippen LogP contribution is 2.31. The second-order valence-electron chi connectivity index (χ2n) is 3.65. The number of thiophene rings is 1. The van der Waals surface area contributed by atoms with Crippen LogP contribution in [0.5, 0.6) is 0 Å². The molecule has 0 aliphatic rings. The molecule has 0 fully saturated rings. The lowest BCUT2D eigenvalue weighted by Gasteiger charge is -2.19. The molecule has 17 heavy (non-hydrogen) atoms. The second-order valence-corrected chi connectivity index (χ2v) is 7.47. The molecule has 1 N–H and O–H groups in total. The van der Waals surface area contributed by atoms with E-state index < -0.39 is 10.0 Å². The average Bonchev–Trinajstić information content (AvgIpc) is 2.59. The van der Waals surface area contributed by atoms with Gasteiger partial charge in [0, 0.05) is 13.1 Å². The highest BCUT2D eigenvalue weighted by molar-refractivity contribution is 7.91. The van der Waals surface area contributed by atoms with Crippen LogP contribution in [-0.4, -0.2) is 37.5 Å². The number of rotatable bonds is 6. The Morgan fingerprint density at radius 2 is 2.12 bits per heavy atom. The summed E-state index contributed by atoms with van der Waals surface area (Å²) in [5, 5.41) is 8.90. The number of hydrogen-bond acceptors (Lipinski definition) is 4. The zero-order valence-electron chi connectivity index (χ0n) is 9.81. The van der Waals surface area contributed by atoms with Crippen LogP contribution >= 0.6 is 22.9 Å². The molecule has 0 saturated carbocycles. The van der Waals surface area contributed by atoms with E-state index in [1.54, 1.807) is 13.0 Å². The minimum atomic E-state index is -3.52. The highest BCUT2D eigenvalue weighted by Gasteiger charge is 2.25. The van der Waals surface area contributed by atoms with Gasteiger partial charge in [-0.25, -0.2) is 8.42 Å². The average molecular weight is 298 g/mol. The molecule has 0 spiro atoms. The predicted octanol–water partition coefficient (Wildman–Crippen LogP) is 2.10. The van der Waals surface area contributed by atoms with Crippen LogP contribution in [0.15, 0.2) is 10.3 Å². The molecule has 1 rings (SSSR count). The number of nitrogens with zero attached hydrogens (tertiary/aromatic N) is 1. The van der Waals surface area contributed by atoms with Crippen molar-refractivity contribution in [3.63, 3.8) is 0 Å². The van der Waals surface area contributed by atoms with Gasteiger partial charge in [0.2, 0.25) is 0 Å². The Labute approximate surface area is 111 Å². The van der Waals surface area contributed by atoms with Crippen molar-refractivity contribution < 1.29 is 13.5 Å². The van der Waals surface area contributed by atoms with E-state index in [9.17, 15) is 8.42 Å². The van der Waals surface area contributed by atoms with E-state index in [4.69, 9.17) is 16.7 Å². The third-order valence-corrected chi connectivity index (χ3v) is 6.15. The van der Waals surface area contributed by atoms with Gasteiger partial charge in [0.25, 0.3) is 10.0 Å². The van der Waals surface area contributed by atoms with E-state index in [1.807, 2.05) is 6.92 Å². The first kappa shape index (κ1) is 14.9. The standard InChI is InChI=1S/C10H16ClNO3S2/c1-3-4-12(5-6-13)17(14,15)9-7-8(2)10(11)16-9/h7,13H,3-6H2,1-2H3. The smallest absolute Gasteiger partial charge is 0.252 e. The van der Waals surface area contributed by atoms with Crippen molar-refractivity contribution in [2.45, 2.75) is 24.5 Å². The first-order valence-electron chi connectivity index (χ1n) is 5.30. The lowest BCUT2D eigenvalue weighted by molar-refractivity contribution is 0.254. The van der Waals surface area contributed by atoms with Gasteiger partial charge in [-0.15, -0.1) is 11.3 Å². The number of sulfonamides is 1. The van der Waals surface area contributed by atoms with Gasteiger partial charge in [-0.05, 0) is 25.0 Å². The van der Waals surface area contributed by atoms with Crippen LogP contribution in [-0.2, 0) is 10.0 Å². The number of aliphatic hydroxyl groups is 1. The summed E-state index contributed by atoms with van der Waals surface area (Å²) < 4.78 is 26.5. The van der Waals surface area contributed by atoms with Gasteiger partial charge >= 0.3 is 0 Å². The Bertz CT molecular complexity index is 444. The maximum absolute atomic E-state index is 12.2. The van der Waals surface area contributed by atoms with Crippen molar-refractivity contribution in [2.24, 2.45) is 0 Å². The Hall–Kier alpha value is -0.140. The predicted molar refractivity (Wildman–Crippen MR) is 70.2 cm³/mol. The van der Waals surface area contributed by atoms with E-state index in [0.717, 1.165) is 16.9 Å². The van der Waals surface area contributed by atoms with E-state index in [2.05, 4.69) is 0 Å². The molecule has 1 aromatic rings. The van der Waals surface area contributed by atoms with Crippen LogP contribution < -0.4 is 0 Å². The summed E-state index contributed by atoms with van der Waals surface area (Å²) >= 11 is 6.94. The molecule has 0 aromatic carbocycles. The molecular formula is C10H16ClNO3S2. The number of aryl methyl sites for hydroxylation is 1. The quantitative estimate of drug-likeness (QED) is 0.875. The summed E-state index contributed by atoms with van der Waals surface area (Å²) in [6.07, 6.45) is 0.706. The van der Waals surface area contributed by atoms with Crippen LogP contribution in [0, 0.1) is 6.92 Å². The Kier molecular flexibility index (Phi) is 5.40. The van der Waals surface area contributed by atoms with Gasteiger partial charge in [0.05, 0.1) is 10.9 Å². The van der Waals surface area contributed by atoms with Gasteiger partial charge in [0.15, 0.2) is 0 Å². The van der Waals surface area contributed by atoms with Crippen LogP contribution in [0.1, 0.15) is 18.9 Å². The normalized spacial score (nSPS) is 12.3. The Morgan fingerprint density at radius 1 is 1.47 bits per heavy atom. The fraction of sp³-hybridized carbons (Fsp3) is 0.600. The summed E-state index contributed by atoms with van der Waals surface area (Å²) in [7, 11) is -3.52. The topological polar surface area (TPSA) is 57.6 Å². The van der Waals surface area contributed by atoms with Crippen molar-refractivity contribution in [1.29, 1.82) is 0 Å². The molecule has 0 radical (unpaired) electrons. The second kappa shape index (κ2) is 6.15. The molecule has 0 amide bonds. The van der Waals surface area contributed by atoms with E-state index >= 15 is 0 Å². The summed E-state index contributed by atoms with van der Waals surface area (Å²) in [5.74, 6) is 0. The molecule has 1 aromatic heterocycles. The third-order valence-electron chi connectivity index (χ3n) is 2.25. The van der Waals surface area contributed by atoms with Crippen LogP contribution in [0.3, 0.4) is 0 Å². The fourth-order valence-corrected chi connectivity index (χ4v) is 4.79. The number of halogens is 1. The van der Waals surface area contributed by atoms with Crippen LogP contribution in [0.2, 0.25) is 4.34 Å². The summed E-state index contributed by atoms with van der Waals surface area (Å²) in [5.41, 5.74) is 0.760. The fourth-order valence-electron chi connectivity index (χ4n) is 1.40. The lowest BCUT2D eigenvalue weighted by Crippen LogP contribution is -2.33. The number of aliphatic hydroxyl groups excluding tert-OH is 1. The lowest BCUT2D eigenvalue weighted by atomic mass is 10.4. The largest absolute Gasteiger partial charge is 0.395 e. The maximum atomic E-state index is 12.2. The van der Waals surface area contributed by atoms with Crippen LogP contribution in [0.4, 0.5) is 0 Å². The highest BCUT2D eigenvalue weighted by atomic mass is 35.5. The first-order valence-corrected chi connectivity index (χ1v) is 7.93. The zero-order chi connectivity index (χ0) is 13.1. The van der Waals surface area contributed by atoms with E-state index in [1.165, 1.54) is 4.31 Å². The van der Waals surface area contributed by atoms with E-state index in [-0.39, 0.29) is 17.4 Å². The molecule has 7 heteroatoms. The van der Waals surface area contributed by atoms with Crippen molar-refractivity contribution in [3.05, 3.63) is 16.0 Å². The summed E-state index contributed by atoms with van der Waals surface area (Å²) in [6.45, 7) is 4.00. The molecule has 1 heterocycles. The van der Waals surface area contributed by atoms with Crippen LogP contribution in [0.25, 0.3) is 0 Å². The molecule has 0 atom stereocenters. The van der Waals surface area contributed by atoms with E-state index in [0.29, 0.717) is 17.3 Å². The van der Waals surface area contributed by atoms with Gasteiger partial charge in [-0.2, -0.15) is 4.31 Å². The Balaban J connectivity index is 3.06. The van der Waals surface area contributed by atoms with Crippen molar-refractivity contribution in [1.82, 2.24) is 4.31 Å². The minimum absolute atomic E-state index is 0.116.